The molecular formula is C12H23NO4S. The van der Waals surface area contributed by atoms with Crippen molar-refractivity contribution in [3.05, 3.63) is 0 Å². The minimum Gasteiger partial charge on any atom is -0.458 e. The van der Waals surface area contributed by atoms with E-state index in [4.69, 9.17) is 9.47 Å². The van der Waals surface area contributed by atoms with Gasteiger partial charge in [0.1, 0.15) is 17.2 Å². The quantitative estimate of drug-likeness (QED) is 0.613. The van der Waals surface area contributed by atoms with Crippen molar-refractivity contribution in [3.8, 4) is 0 Å². The Morgan fingerprint density at radius 2 is 1.50 bits per heavy atom. The number of alkyl carbamates (subject to hydrolysis) is 1. The van der Waals surface area contributed by atoms with Crippen molar-refractivity contribution in [3.63, 3.8) is 0 Å². The maximum absolute atomic E-state index is 11.7. The molecule has 106 valence electrons. The molecule has 0 aromatic carbocycles. The van der Waals surface area contributed by atoms with E-state index < -0.39 is 29.3 Å². The fourth-order valence-corrected chi connectivity index (χ4v) is 1.24. The van der Waals surface area contributed by atoms with Crippen LogP contribution in [0.1, 0.15) is 41.5 Å². The van der Waals surface area contributed by atoms with Crippen LogP contribution in [0.15, 0.2) is 0 Å². The van der Waals surface area contributed by atoms with Gasteiger partial charge in [0, 0.05) is 5.75 Å². The molecule has 0 radical (unpaired) electrons. The van der Waals surface area contributed by atoms with Gasteiger partial charge in [0.15, 0.2) is 0 Å². The summed E-state index contributed by atoms with van der Waals surface area (Å²) in [6.07, 6.45) is -0.660. The molecule has 0 fully saturated rings. The zero-order valence-electron chi connectivity index (χ0n) is 11.9. The minimum absolute atomic E-state index is 0.147. The Balaban J connectivity index is 4.44. The third kappa shape index (κ3) is 8.22. The molecule has 0 saturated carbocycles. The number of thiol groups is 1. The van der Waals surface area contributed by atoms with Crippen LogP contribution in [-0.2, 0) is 14.3 Å². The number of hydrogen-bond acceptors (Lipinski definition) is 5. The minimum atomic E-state index is -0.817. The second-order valence-corrected chi connectivity index (χ2v) is 6.28. The highest BCUT2D eigenvalue weighted by Gasteiger charge is 2.27. The third-order valence-electron chi connectivity index (χ3n) is 1.56. The maximum atomic E-state index is 11.7. The highest BCUT2D eigenvalue weighted by Crippen LogP contribution is 2.10. The first-order valence-corrected chi connectivity index (χ1v) is 6.41. The summed E-state index contributed by atoms with van der Waals surface area (Å²) in [4.78, 5) is 23.3. The lowest BCUT2D eigenvalue weighted by molar-refractivity contribution is -0.156. The van der Waals surface area contributed by atoms with Crippen molar-refractivity contribution in [2.75, 3.05) is 5.75 Å². The van der Waals surface area contributed by atoms with Crippen LogP contribution in [-0.4, -0.2) is 35.1 Å². The van der Waals surface area contributed by atoms with Gasteiger partial charge in [-0.05, 0) is 41.5 Å². The molecule has 1 atom stereocenters. The van der Waals surface area contributed by atoms with Crippen molar-refractivity contribution in [2.45, 2.75) is 58.8 Å². The standard InChI is InChI=1S/C12H23NO4S/c1-11(2,3)16-9(14)8(7-18)13-10(15)17-12(4,5)6/h8,18H,7H2,1-6H3,(H,13,15)/t8-/m1/s1. The van der Waals surface area contributed by atoms with Gasteiger partial charge in [-0.1, -0.05) is 0 Å². The van der Waals surface area contributed by atoms with E-state index in [0.717, 1.165) is 0 Å². The Kier molecular flexibility index (Phi) is 5.99. The maximum Gasteiger partial charge on any atom is 0.408 e. The number of carbonyl (C=O) groups is 2. The number of nitrogens with one attached hydrogen (secondary N) is 1. The SMILES string of the molecule is CC(C)(C)OC(=O)N[C@H](CS)C(=O)OC(C)(C)C. The molecule has 0 bridgehead atoms. The van der Waals surface area contributed by atoms with Gasteiger partial charge in [-0.2, -0.15) is 12.6 Å². The van der Waals surface area contributed by atoms with E-state index >= 15 is 0 Å². The van der Waals surface area contributed by atoms with Gasteiger partial charge in [-0.25, -0.2) is 9.59 Å². The molecule has 0 spiro atoms. The Hall–Kier alpha value is -0.910. The summed E-state index contributed by atoms with van der Waals surface area (Å²) in [7, 11) is 0. The van der Waals surface area contributed by atoms with E-state index in [-0.39, 0.29) is 5.75 Å². The Bertz CT molecular complexity index is 304. The van der Waals surface area contributed by atoms with Crippen molar-refractivity contribution < 1.29 is 19.1 Å². The zero-order valence-corrected chi connectivity index (χ0v) is 12.8. The summed E-state index contributed by atoms with van der Waals surface area (Å²) in [6, 6.07) is -0.817. The second kappa shape index (κ2) is 6.31. The normalized spacial score (nSPS) is 13.7. The lowest BCUT2D eigenvalue weighted by Crippen LogP contribution is -2.47. The molecule has 0 saturated heterocycles. The summed E-state index contributed by atoms with van der Waals surface area (Å²) in [5, 5.41) is 2.43. The van der Waals surface area contributed by atoms with Gasteiger partial charge >= 0.3 is 12.1 Å². The Morgan fingerprint density at radius 1 is 1.06 bits per heavy atom. The summed E-state index contributed by atoms with van der Waals surface area (Å²) in [5.41, 5.74) is -1.22. The Morgan fingerprint density at radius 3 is 1.83 bits per heavy atom. The molecule has 0 aliphatic heterocycles. The van der Waals surface area contributed by atoms with Crippen LogP contribution in [0.5, 0.6) is 0 Å². The molecule has 0 aliphatic carbocycles. The van der Waals surface area contributed by atoms with E-state index in [1.165, 1.54) is 0 Å². The van der Waals surface area contributed by atoms with Gasteiger partial charge in [0.25, 0.3) is 0 Å². The first-order valence-electron chi connectivity index (χ1n) is 5.78. The number of ether oxygens (including phenoxy) is 2. The molecule has 5 nitrogen and oxygen atoms in total. The summed E-state index contributed by atoms with van der Waals surface area (Å²) in [6.45, 7) is 10.5. The molecular weight excluding hydrogens is 254 g/mol. The fraction of sp³-hybridized carbons (Fsp3) is 0.833. The van der Waals surface area contributed by atoms with E-state index in [1.807, 2.05) is 0 Å². The van der Waals surface area contributed by atoms with E-state index in [2.05, 4.69) is 17.9 Å². The number of hydrogen-bond donors (Lipinski definition) is 2. The van der Waals surface area contributed by atoms with Crippen molar-refractivity contribution in [1.29, 1.82) is 0 Å². The van der Waals surface area contributed by atoms with E-state index in [9.17, 15) is 9.59 Å². The molecule has 1 amide bonds. The average Bonchev–Trinajstić information content (AvgIpc) is 2.07. The molecule has 0 aromatic heterocycles. The first kappa shape index (κ1) is 17.1. The number of esters is 1. The van der Waals surface area contributed by atoms with Gasteiger partial charge in [0.05, 0.1) is 0 Å². The summed E-state index contributed by atoms with van der Waals surface area (Å²) < 4.78 is 10.2. The predicted molar refractivity (Wildman–Crippen MR) is 72.9 cm³/mol. The van der Waals surface area contributed by atoms with Crippen LogP contribution >= 0.6 is 12.6 Å². The average molecular weight is 277 g/mol. The first-order chi connectivity index (χ1) is 7.94. The van der Waals surface area contributed by atoms with Crippen LogP contribution in [0.25, 0.3) is 0 Å². The number of rotatable bonds is 3. The van der Waals surface area contributed by atoms with Crippen molar-refractivity contribution >= 4 is 24.7 Å². The van der Waals surface area contributed by atoms with Gasteiger partial charge in [-0.3, -0.25) is 0 Å². The molecule has 0 rings (SSSR count). The van der Waals surface area contributed by atoms with Crippen LogP contribution in [0.4, 0.5) is 4.79 Å². The molecule has 0 unspecified atom stereocenters. The molecule has 0 aromatic rings. The van der Waals surface area contributed by atoms with Crippen LogP contribution in [0.2, 0.25) is 0 Å². The van der Waals surface area contributed by atoms with Crippen molar-refractivity contribution in [2.24, 2.45) is 0 Å². The van der Waals surface area contributed by atoms with Gasteiger partial charge < -0.3 is 14.8 Å². The summed E-state index contributed by atoms with van der Waals surface area (Å²) >= 11 is 4.02. The molecule has 0 heterocycles. The molecule has 0 aliphatic rings. The predicted octanol–water partition coefficient (Wildman–Crippen LogP) is 2.15. The smallest absolute Gasteiger partial charge is 0.408 e. The zero-order chi connectivity index (χ0) is 14.6. The lowest BCUT2D eigenvalue weighted by Gasteiger charge is -2.25. The fourth-order valence-electron chi connectivity index (χ4n) is 1.00. The highest BCUT2D eigenvalue weighted by atomic mass is 32.1. The number of carbonyl (C=O) groups excluding carboxylic acids is 2. The molecule has 6 heteroatoms. The summed E-state index contributed by atoms with van der Waals surface area (Å²) in [5.74, 6) is -0.378. The van der Waals surface area contributed by atoms with Crippen molar-refractivity contribution in [1.82, 2.24) is 5.32 Å². The second-order valence-electron chi connectivity index (χ2n) is 5.91. The lowest BCUT2D eigenvalue weighted by atomic mass is 10.2. The monoisotopic (exact) mass is 277 g/mol. The molecule has 1 N–H and O–H groups in total. The van der Waals surface area contributed by atoms with E-state index in [1.54, 1.807) is 41.5 Å². The van der Waals surface area contributed by atoms with Crippen LogP contribution in [0, 0.1) is 0 Å². The Labute approximate surface area is 114 Å². The topological polar surface area (TPSA) is 64.6 Å². The van der Waals surface area contributed by atoms with E-state index in [0.29, 0.717) is 0 Å². The van der Waals surface area contributed by atoms with Crippen LogP contribution in [0.3, 0.4) is 0 Å². The van der Waals surface area contributed by atoms with Gasteiger partial charge in [0.2, 0.25) is 0 Å². The third-order valence-corrected chi connectivity index (χ3v) is 1.93. The molecule has 18 heavy (non-hydrogen) atoms. The number of amides is 1. The van der Waals surface area contributed by atoms with Gasteiger partial charge in [-0.15, -0.1) is 0 Å². The highest BCUT2D eigenvalue weighted by molar-refractivity contribution is 7.80. The largest absolute Gasteiger partial charge is 0.458 e. The van der Waals surface area contributed by atoms with Crippen LogP contribution < -0.4 is 5.32 Å².